The van der Waals surface area contributed by atoms with Gasteiger partial charge in [0.1, 0.15) is 11.4 Å². The monoisotopic (exact) mass is 533 g/mol. The number of hydrogen-bond acceptors (Lipinski definition) is 8. The Hall–Kier alpha value is -4.48. The second kappa shape index (κ2) is 11.1. The van der Waals surface area contributed by atoms with E-state index in [1.165, 1.54) is 14.0 Å². The van der Waals surface area contributed by atoms with E-state index in [-0.39, 0.29) is 17.9 Å². The molecule has 1 saturated carbocycles. The fourth-order valence-electron chi connectivity index (χ4n) is 5.01. The van der Waals surface area contributed by atoms with Crippen molar-refractivity contribution in [2.45, 2.75) is 51.7 Å². The molecular weight excluding hydrogens is 502 g/mol. The Kier molecular flexibility index (Phi) is 7.44. The van der Waals surface area contributed by atoms with Gasteiger partial charge >= 0.3 is 5.97 Å². The van der Waals surface area contributed by atoms with Gasteiger partial charge in [0.15, 0.2) is 11.8 Å². The van der Waals surface area contributed by atoms with Crippen molar-refractivity contribution in [2.24, 2.45) is 5.92 Å². The van der Waals surface area contributed by atoms with E-state index in [9.17, 15) is 14.4 Å². The first-order valence-corrected chi connectivity index (χ1v) is 12.9. The number of anilines is 1. The predicted molar refractivity (Wildman–Crippen MR) is 142 cm³/mol. The summed E-state index contributed by atoms with van der Waals surface area (Å²) in [4.78, 5) is 40.7. The lowest BCUT2D eigenvalue weighted by Crippen LogP contribution is -2.38. The maximum Gasteiger partial charge on any atom is 0.303 e. The van der Waals surface area contributed by atoms with Crippen LogP contribution in [0.15, 0.2) is 43.0 Å². The molecule has 1 aliphatic rings. The summed E-state index contributed by atoms with van der Waals surface area (Å²) in [5.74, 6) is -0.300. The number of carbonyl (C=O) groups is 3. The maximum atomic E-state index is 13.2. The van der Waals surface area contributed by atoms with Crippen LogP contribution >= 0.6 is 0 Å². The molecule has 5 rings (SSSR count). The number of hydrogen-bond donors (Lipinski definition) is 2. The minimum atomic E-state index is -0.796. The number of benzene rings is 1. The quantitative estimate of drug-likeness (QED) is 0.329. The van der Waals surface area contributed by atoms with Gasteiger partial charge in [0.2, 0.25) is 0 Å². The van der Waals surface area contributed by atoms with Gasteiger partial charge in [0, 0.05) is 43.5 Å². The Morgan fingerprint density at radius 1 is 1.18 bits per heavy atom. The lowest BCUT2D eigenvalue weighted by Gasteiger charge is -2.29. The molecule has 3 heterocycles. The second-order valence-electron chi connectivity index (χ2n) is 9.79. The fraction of sp³-hybridized carbons (Fsp3) is 0.407. The van der Waals surface area contributed by atoms with Crippen LogP contribution in [0.5, 0.6) is 5.75 Å². The average Bonchev–Trinajstić information content (AvgIpc) is 3.54. The molecule has 12 heteroatoms. The molecule has 3 aromatic heterocycles. The van der Waals surface area contributed by atoms with Crippen molar-refractivity contribution in [1.82, 2.24) is 29.7 Å². The first kappa shape index (κ1) is 26.1. The normalized spacial score (nSPS) is 18.0. The molecule has 1 atom stereocenters. The number of esters is 1. The zero-order valence-corrected chi connectivity index (χ0v) is 22.1. The molecule has 0 bridgehead atoms. The summed E-state index contributed by atoms with van der Waals surface area (Å²) >= 11 is 0. The van der Waals surface area contributed by atoms with E-state index in [0.717, 1.165) is 36.6 Å². The van der Waals surface area contributed by atoms with Crippen molar-refractivity contribution in [2.75, 3.05) is 19.0 Å². The lowest BCUT2D eigenvalue weighted by atomic mass is 9.86. The van der Waals surface area contributed by atoms with E-state index in [4.69, 9.17) is 14.6 Å². The zero-order chi connectivity index (χ0) is 27.5. The van der Waals surface area contributed by atoms with Crippen molar-refractivity contribution in [3.8, 4) is 5.75 Å². The number of methoxy groups -OCH3 is 1. The van der Waals surface area contributed by atoms with Gasteiger partial charge in [0.25, 0.3) is 11.8 Å². The molecule has 12 nitrogen and oxygen atoms in total. The molecule has 39 heavy (non-hydrogen) atoms. The van der Waals surface area contributed by atoms with Crippen molar-refractivity contribution in [3.63, 3.8) is 0 Å². The predicted octanol–water partition coefficient (Wildman–Crippen LogP) is 3.14. The standard InChI is InChI=1S/C27H31N7O5/c1-16(39-17(2)35)26(36)29-13-18-5-7-20(8-6-18)34-15-19-11-21(24(38-3)12-22(19)32-34)27(37)31-23-14-30-33-10-4-9-28-25(23)33/h4,9-12,14-16,18,20H,5-8,13H2,1-3H3,(H,29,36)(H,31,37)/t16-,18?,20?/m0/s1. The third-order valence-corrected chi connectivity index (χ3v) is 7.08. The summed E-state index contributed by atoms with van der Waals surface area (Å²) in [6.45, 7) is 3.41. The highest BCUT2D eigenvalue weighted by Crippen LogP contribution is 2.34. The average molecular weight is 534 g/mol. The molecule has 2 amide bonds. The fourth-order valence-corrected chi connectivity index (χ4v) is 5.01. The molecule has 204 valence electrons. The van der Waals surface area contributed by atoms with Crippen LogP contribution in [0.4, 0.5) is 5.69 Å². The highest BCUT2D eigenvalue weighted by atomic mass is 16.5. The first-order valence-electron chi connectivity index (χ1n) is 12.9. The van der Waals surface area contributed by atoms with Crippen LogP contribution < -0.4 is 15.4 Å². The van der Waals surface area contributed by atoms with Crippen molar-refractivity contribution in [3.05, 3.63) is 48.5 Å². The highest BCUT2D eigenvalue weighted by molar-refractivity contribution is 6.09. The summed E-state index contributed by atoms with van der Waals surface area (Å²) < 4.78 is 14.0. The summed E-state index contributed by atoms with van der Waals surface area (Å²) in [5, 5.41) is 15.6. The molecule has 0 unspecified atom stereocenters. The lowest BCUT2D eigenvalue weighted by molar-refractivity contribution is -0.152. The number of amides is 2. The zero-order valence-electron chi connectivity index (χ0n) is 22.1. The third kappa shape index (κ3) is 5.69. The number of aromatic nitrogens is 5. The topological polar surface area (TPSA) is 142 Å². The Bertz CT molecular complexity index is 1520. The summed E-state index contributed by atoms with van der Waals surface area (Å²) in [6.07, 6.45) is 9.84. The summed E-state index contributed by atoms with van der Waals surface area (Å²) in [6, 6.07) is 5.55. The van der Waals surface area contributed by atoms with Crippen LogP contribution in [0.25, 0.3) is 16.6 Å². The van der Waals surface area contributed by atoms with Gasteiger partial charge in [-0.15, -0.1) is 0 Å². The second-order valence-corrected chi connectivity index (χ2v) is 9.79. The van der Waals surface area contributed by atoms with Gasteiger partial charge in [-0.2, -0.15) is 10.2 Å². The van der Waals surface area contributed by atoms with Crippen molar-refractivity contribution < 1.29 is 23.9 Å². The number of nitrogens with zero attached hydrogens (tertiary/aromatic N) is 5. The van der Waals surface area contributed by atoms with Crippen molar-refractivity contribution in [1.29, 1.82) is 0 Å². The molecule has 1 aliphatic carbocycles. The smallest absolute Gasteiger partial charge is 0.303 e. The number of nitrogens with one attached hydrogen (secondary N) is 2. The van der Waals surface area contributed by atoms with Crippen LogP contribution in [0.2, 0.25) is 0 Å². The Balaban J connectivity index is 1.24. The van der Waals surface area contributed by atoms with E-state index in [2.05, 4.69) is 20.7 Å². The first-order chi connectivity index (χ1) is 18.8. The molecule has 4 aromatic rings. The van der Waals surface area contributed by atoms with Gasteiger partial charge in [-0.05, 0) is 50.7 Å². The molecule has 0 saturated heterocycles. The number of fused-ring (bicyclic) bond motifs is 2. The molecule has 0 spiro atoms. The summed E-state index contributed by atoms with van der Waals surface area (Å²) in [7, 11) is 1.53. The van der Waals surface area contributed by atoms with Gasteiger partial charge < -0.3 is 20.1 Å². The third-order valence-electron chi connectivity index (χ3n) is 7.08. The van der Waals surface area contributed by atoms with Crippen LogP contribution in [-0.2, 0) is 14.3 Å². The van der Waals surface area contributed by atoms with Crippen LogP contribution in [0.3, 0.4) is 0 Å². The van der Waals surface area contributed by atoms with Gasteiger partial charge in [0.05, 0.1) is 30.4 Å². The molecule has 0 radical (unpaired) electrons. The van der Waals surface area contributed by atoms with E-state index < -0.39 is 12.1 Å². The van der Waals surface area contributed by atoms with E-state index in [1.54, 1.807) is 48.2 Å². The van der Waals surface area contributed by atoms with Crippen LogP contribution in [-0.4, -0.2) is 61.9 Å². The number of ether oxygens (including phenoxy) is 2. The minimum absolute atomic E-state index is 0.220. The van der Waals surface area contributed by atoms with E-state index in [1.807, 2.05) is 10.9 Å². The Labute approximate surface area is 224 Å². The van der Waals surface area contributed by atoms with Crippen LogP contribution in [0, 0.1) is 5.92 Å². The SMILES string of the molecule is COc1cc2nn(C3CCC(CNC(=O)[C@H](C)OC(C)=O)CC3)cc2cc1C(=O)Nc1cnn2cccnc12. The molecule has 0 aliphatic heterocycles. The largest absolute Gasteiger partial charge is 0.496 e. The van der Waals surface area contributed by atoms with Crippen molar-refractivity contribution >= 4 is 40.0 Å². The van der Waals surface area contributed by atoms with Crippen LogP contribution in [0.1, 0.15) is 55.9 Å². The van der Waals surface area contributed by atoms with E-state index >= 15 is 0 Å². The molecule has 1 fully saturated rings. The Morgan fingerprint density at radius 2 is 1.97 bits per heavy atom. The minimum Gasteiger partial charge on any atom is -0.496 e. The molecule has 1 aromatic carbocycles. The molecule has 2 N–H and O–H groups in total. The van der Waals surface area contributed by atoms with Gasteiger partial charge in [-0.25, -0.2) is 9.50 Å². The maximum absolute atomic E-state index is 13.2. The Morgan fingerprint density at radius 3 is 2.72 bits per heavy atom. The van der Waals surface area contributed by atoms with Gasteiger partial charge in [-0.3, -0.25) is 19.1 Å². The highest BCUT2D eigenvalue weighted by Gasteiger charge is 2.25. The number of rotatable bonds is 8. The molecular formula is C27H31N7O5. The number of carbonyl (C=O) groups excluding carboxylic acids is 3. The summed E-state index contributed by atoms with van der Waals surface area (Å²) in [5.41, 5.74) is 2.19. The van der Waals surface area contributed by atoms with E-state index in [0.29, 0.717) is 35.1 Å². The van der Waals surface area contributed by atoms with Gasteiger partial charge in [-0.1, -0.05) is 0 Å².